The first-order valence-corrected chi connectivity index (χ1v) is 10.0. The Morgan fingerprint density at radius 2 is 1.88 bits per heavy atom. The van der Waals surface area contributed by atoms with Crippen LogP contribution in [0, 0.1) is 0 Å². The minimum atomic E-state index is 0.512. The SMILES string of the molecule is CCN1CCC[C@H]1CNCc1cc(Cl)ccc1OCc1ccc(Cl)cc1. The van der Waals surface area contributed by atoms with Crippen LogP contribution in [0.1, 0.15) is 30.9 Å². The van der Waals surface area contributed by atoms with Crippen LogP contribution in [0.25, 0.3) is 0 Å². The van der Waals surface area contributed by atoms with E-state index in [0.717, 1.165) is 46.6 Å². The summed E-state index contributed by atoms with van der Waals surface area (Å²) in [5.74, 6) is 0.871. The number of likely N-dealkylation sites (N-methyl/N-ethyl adjacent to an activating group) is 1. The molecule has 1 fully saturated rings. The van der Waals surface area contributed by atoms with E-state index in [1.54, 1.807) is 0 Å². The first kappa shape index (κ1) is 19.5. The molecule has 3 nitrogen and oxygen atoms in total. The van der Waals surface area contributed by atoms with Crippen LogP contribution < -0.4 is 10.1 Å². The van der Waals surface area contributed by atoms with Crippen LogP contribution >= 0.6 is 23.2 Å². The molecule has 140 valence electrons. The molecule has 1 N–H and O–H groups in total. The third kappa shape index (κ3) is 5.37. The van der Waals surface area contributed by atoms with E-state index in [1.165, 1.54) is 19.4 Å². The number of likely N-dealkylation sites (tertiary alicyclic amines) is 1. The first-order valence-electron chi connectivity index (χ1n) is 9.26. The van der Waals surface area contributed by atoms with Crippen molar-refractivity contribution >= 4 is 23.2 Å². The van der Waals surface area contributed by atoms with E-state index in [4.69, 9.17) is 27.9 Å². The fourth-order valence-corrected chi connectivity index (χ4v) is 3.81. The fraction of sp³-hybridized carbons (Fsp3) is 0.429. The molecule has 0 unspecified atom stereocenters. The van der Waals surface area contributed by atoms with Crippen LogP contribution in [-0.2, 0) is 13.2 Å². The van der Waals surface area contributed by atoms with E-state index in [0.29, 0.717) is 12.6 Å². The van der Waals surface area contributed by atoms with Gasteiger partial charge in [-0.2, -0.15) is 0 Å². The summed E-state index contributed by atoms with van der Waals surface area (Å²) >= 11 is 12.1. The molecule has 5 heteroatoms. The Labute approximate surface area is 166 Å². The Morgan fingerprint density at radius 1 is 1.12 bits per heavy atom. The van der Waals surface area contributed by atoms with Crippen molar-refractivity contribution in [2.75, 3.05) is 19.6 Å². The summed E-state index contributed by atoms with van der Waals surface area (Å²) in [6.07, 6.45) is 2.57. The Kier molecular flexibility index (Phi) is 7.21. The van der Waals surface area contributed by atoms with Gasteiger partial charge in [-0.1, -0.05) is 42.3 Å². The van der Waals surface area contributed by atoms with Gasteiger partial charge in [0.1, 0.15) is 12.4 Å². The van der Waals surface area contributed by atoms with Gasteiger partial charge in [0, 0.05) is 34.7 Å². The zero-order valence-corrected chi connectivity index (χ0v) is 16.7. The fourth-order valence-electron chi connectivity index (χ4n) is 3.48. The summed E-state index contributed by atoms with van der Waals surface area (Å²) in [6, 6.07) is 14.2. The van der Waals surface area contributed by atoms with Gasteiger partial charge in [-0.15, -0.1) is 0 Å². The van der Waals surface area contributed by atoms with Crippen molar-refractivity contribution in [2.24, 2.45) is 0 Å². The smallest absolute Gasteiger partial charge is 0.124 e. The van der Waals surface area contributed by atoms with E-state index in [-0.39, 0.29) is 0 Å². The minimum Gasteiger partial charge on any atom is -0.489 e. The molecule has 2 aromatic carbocycles. The number of nitrogens with one attached hydrogen (secondary N) is 1. The van der Waals surface area contributed by atoms with Crippen molar-refractivity contribution in [3.63, 3.8) is 0 Å². The average molecular weight is 393 g/mol. The lowest BCUT2D eigenvalue weighted by Gasteiger charge is -2.23. The highest BCUT2D eigenvalue weighted by Gasteiger charge is 2.22. The molecule has 1 saturated heterocycles. The number of nitrogens with zero attached hydrogens (tertiary/aromatic N) is 1. The monoisotopic (exact) mass is 392 g/mol. The lowest BCUT2D eigenvalue weighted by Crippen LogP contribution is -2.37. The lowest BCUT2D eigenvalue weighted by atomic mass is 10.1. The molecule has 0 aliphatic carbocycles. The summed E-state index contributed by atoms with van der Waals surface area (Å²) in [5.41, 5.74) is 2.18. The van der Waals surface area contributed by atoms with Crippen LogP contribution in [0.4, 0.5) is 0 Å². The number of ether oxygens (including phenoxy) is 1. The summed E-state index contributed by atoms with van der Waals surface area (Å²) in [4.78, 5) is 2.54. The molecule has 0 amide bonds. The van der Waals surface area contributed by atoms with Gasteiger partial charge in [0.2, 0.25) is 0 Å². The Balaban J connectivity index is 1.57. The number of hydrogen-bond acceptors (Lipinski definition) is 3. The highest BCUT2D eigenvalue weighted by atomic mass is 35.5. The lowest BCUT2D eigenvalue weighted by molar-refractivity contribution is 0.259. The maximum Gasteiger partial charge on any atom is 0.124 e. The quantitative estimate of drug-likeness (QED) is 0.672. The summed E-state index contributed by atoms with van der Waals surface area (Å²) < 4.78 is 6.03. The van der Waals surface area contributed by atoms with Crippen LogP contribution in [0.2, 0.25) is 10.0 Å². The van der Waals surface area contributed by atoms with E-state index < -0.39 is 0 Å². The number of halogens is 2. The molecular formula is C21H26Cl2N2O. The van der Waals surface area contributed by atoms with Gasteiger partial charge in [0.25, 0.3) is 0 Å². The predicted molar refractivity (Wildman–Crippen MR) is 109 cm³/mol. The standard InChI is InChI=1S/C21H26Cl2N2O/c1-2-25-11-3-4-20(25)14-24-13-17-12-19(23)9-10-21(17)26-15-16-5-7-18(22)8-6-16/h5-10,12,20,24H,2-4,11,13-15H2,1H3/t20-/m0/s1. The largest absolute Gasteiger partial charge is 0.489 e. The molecular weight excluding hydrogens is 367 g/mol. The van der Waals surface area contributed by atoms with Gasteiger partial charge in [0.05, 0.1) is 0 Å². The first-order chi connectivity index (χ1) is 12.7. The van der Waals surface area contributed by atoms with E-state index >= 15 is 0 Å². The van der Waals surface area contributed by atoms with Crippen molar-refractivity contribution in [3.8, 4) is 5.75 Å². The van der Waals surface area contributed by atoms with Crippen molar-refractivity contribution < 1.29 is 4.74 Å². The van der Waals surface area contributed by atoms with Crippen LogP contribution in [-0.4, -0.2) is 30.6 Å². The van der Waals surface area contributed by atoms with Crippen LogP contribution in [0.5, 0.6) is 5.75 Å². The second-order valence-electron chi connectivity index (χ2n) is 6.72. The molecule has 0 radical (unpaired) electrons. The normalized spacial score (nSPS) is 17.6. The highest BCUT2D eigenvalue weighted by Crippen LogP contribution is 2.24. The summed E-state index contributed by atoms with van der Waals surface area (Å²) in [7, 11) is 0. The molecule has 1 aliphatic heterocycles. The predicted octanol–water partition coefficient (Wildman–Crippen LogP) is 5.15. The topological polar surface area (TPSA) is 24.5 Å². The minimum absolute atomic E-state index is 0.512. The zero-order chi connectivity index (χ0) is 18.4. The number of benzene rings is 2. The molecule has 26 heavy (non-hydrogen) atoms. The van der Waals surface area contributed by atoms with Gasteiger partial charge in [0.15, 0.2) is 0 Å². The second-order valence-corrected chi connectivity index (χ2v) is 7.60. The van der Waals surface area contributed by atoms with E-state index in [9.17, 15) is 0 Å². The number of rotatable bonds is 8. The molecule has 3 rings (SSSR count). The second kappa shape index (κ2) is 9.61. The van der Waals surface area contributed by atoms with Crippen LogP contribution in [0.15, 0.2) is 42.5 Å². The van der Waals surface area contributed by atoms with Gasteiger partial charge in [-0.3, -0.25) is 4.90 Å². The van der Waals surface area contributed by atoms with Crippen LogP contribution in [0.3, 0.4) is 0 Å². The van der Waals surface area contributed by atoms with Crippen molar-refractivity contribution in [1.29, 1.82) is 0 Å². The van der Waals surface area contributed by atoms with Crippen molar-refractivity contribution in [3.05, 3.63) is 63.6 Å². The maximum atomic E-state index is 6.20. The third-order valence-corrected chi connectivity index (χ3v) is 5.42. The third-order valence-electron chi connectivity index (χ3n) is 4.93. The number of hydrogen-bond donors (Lipinski definition) is 1. The van der Waals surface area contributed by atoms with Crippen molar-refractivity contribution in [1.82, 2.24) is 10.2 Å². The van der Waals surface area contributed by atoms with Gasteiger partial charge < -0.3 is 10.1 Å². The van der Waals surface area contributed by atoms with Crippen molar-refractivity contribution in [2.45, 2.75) is 39.0 Å². The molecule has 1 aliphatic rings. The van der Waals surface area contributed by atoms with E-state index in [1.807, 2.05) is 42.5 Å². The maximum absolute atomic E-state index is 6.20. The Morgan fingerprint density at radius 3 is 2.65 bits per heavy atom. The van der Waals surface area contributed by atoms with E-state index in [2.05, 4.69) is 17.1 Å². The van der Waals surface area contributed by atoms with Gasteiger partial charge in [-0.05, 0) is 61.8 Å². The molecule has 2 aromatic rings. The molecule has 0 saturated carbocycles. The summed E-state index contributed by atoms with van der Waals surface area (Å²) in [6.45, 7) is 6.84. The summed E-state index contributed by atoms with van der Waals surface area (Å²) in [5, 5.41) is 5.05. The molecule has 0 bridgehead atoms. The molecule has 1 heterocycles. The van der Waals surface area contributed by atoms with Gasteiger partial charge in [-0.25, -0.2) is 0 Å². The Bertz CT molecular complexity index is 706. The highest BCUT2D eigenvalue weighted by molar-refractivity contribution is 6.30. The Hall–Kier alpha value is -1.26. The molecule has 0 spiro atoms. The zero-order valence-electron chi connectivity index (χ0n) is 15.2. The average Bonchev–Trinajstić information content (AvgIpc) is 3.10. The molecule has 1 atom stereocenters. The van der Waals surface area contributed by atoms with Gasteiger partial charge >= 0.3 is 0 Å². The molecule has 0 aromatic heterocycles.